The topological polar surface area (TPSA) is 61.4 Å². The van der Waals surface area contributed by atoms with Crippen molar-refractivity contribution in [3.05, 3.63) is 35.5 Å². The van der Waals surface area contributed by atoms with Crippen LogP contribution >= 0.6 is 11.6 Å². The van der Waals surface area contributed by atoms with E-state index in [1.165, 1.54) is 0 Å². The average molecular weight is 291 g/mol. The molecule has 3 rings (SSSR count). The molecule has 0 aliphatic carbocycles. The SMILES string of the molecule is CCc1nn(C)c2c1nc(CCl)n2Cc1cccnn1. The highest BCUT2D eigenvalue weighted by Gasteiger charge is 2.18. The number of halogens is 1. The van der Waals surface area contributed by atoms with Crippen molar-refractivity contribution in [1.82, 2.24) is 29.5 Å². The van der Waals surface area contributed by atoms with Crippen LogP contribution in [0.4, 0.5) is 0 Å². The first-order chi connectivity index (χ1) is 9.74. The van der Waals surface area contributed by atoms with Crippen LogP contribution in [0.25, 0.3) is 11.2 Å². The van der Waals surface area contributed by atoms with Gasteiger partial charge in [-0.2, -0.15) is 15.3 Å². The van der Waals surface area contributed by atoms with Gasteiger partial charge < -0.3 is 4.57 Å². The summed E-state index contributed by atoms with van der Waals surface area (Å²) >= 11 is 6.03. The molecule has 3 aromatic heterocycles. The minimum Gasteiger partial charge on any atom is -0.306 e. The zero-order chi connectivity index (χ0) is 14.1. The van der Waals surface area contributed by atoms with Crippen molar-refractivity contribution >= 4 is 22.8 Å². The minimum atomic E-state index is 0.359. The summed E-state index contributed by atoms with van der Waals surface area (Å²) < 4.78 is 3.91. The number of aryl methyl sites for hydroxylation is 2. The van der Waals surface area contributed by atoms with Gasteiger partial charge in [0.2, 0.25) is 0 Å². The van der Waals surface area contributed by atoms with E-state index < -0.39 is 0 Å². The first-order valence-electron chi connectivity index (χ1n) is 6.48. The van der Waals surface area contributed by atoms with Gasteiger partial charge >= 0.3 is 0 Å². The Morgan fingerprint density at radius 2 is 2.20 bits per heavy atom. The lowest BCUT2D eigenvalue weighted by Crippen LogP contribution is -2.09. The fraction of sp³-hybridized carbons (Fsp3) is 0.385. The summed E-state index contributed by atoms with van der Waals surface area (Å²) in [7, 11) is 1.92. The van der Waals surface area contributed by atoms with Crippen LogP contribution in [-0.4, -0.2) is 29.5 Å². The molecule has 0 saturated heterocycles. The number of aromatic nitrogens is 6. The van der Waals surface area contributed by atoms with Gasteiger partial charge in [0.15, 0.2) is 5.65 Å². The predicted molar refractivity (Wildman–Crippen MR) is 76.6 cm³/mol. The van der Waals surface area contributed by atoms with E-state index in [4.69, 9.17) is 11.6 Å². The lowest BCUT2D eigenvalue weighted by molar-refractivity contribution is 0.684. The Kier molecular flexibility index (Phi) is 3.40. The van der Waals surface area contributed by atoms with Gasteiger partial charge in [0.25, 0.3) is 0 Å². The van der Waals surface area contributed by atoms with E-state index in [0.29, 0.717) is 12.4 Å². The Labute approximate surface area is 121 Å². The highest BCUT2D eigenvalue weighted by atomic mass is 35.5. The van der Waals surface area contributed by atoms with E-state index in [0.717, 1.165) is 34.8 Å². The lowest BCUT2D eigenvalue weighted by atomic mass is 10.3. The molecule has 0 unspecified atom stereocenters. The zero-order valence-electron chi connectivity index (χ0n) is 11.4. The van der Waals surface area contributed by atoms with Gasteiger partial charge in [0, 0.05) is 13.2 Å². The van der Waals surface area contributed by atoms with Gasteiger partial charge in [0.05, 0.1) is 23.8 Å². The lowest BCUT2D eigenvalue weighted by Gasteiger charge is -2.07. The minimum absolute atomic E-state index is 0.359. The largest absolute Gasteiger partial charge is 0.306 e. The maximum absolute atomic E-state index is 6.03. The van der Waals surface area contributed by atoms with E-state index in [2.05, 4.69) is 31.8 Å². The molecule has 7 heteroatoms. The first-order valence-corrected chi connectivity index (χ1v) is 7.01. The summed E-state index contributed by atoms with van der Waals surface area (Å²) in [5.41, 5.74) is 3.77. The maximum atomic E-state index is 6.03. The van der Waals surface area contributed by atoms with Gasteiger partial charge in [0.1, 0.15) is 11.3 Å². The molecule has 0 fully saturated rings. The molecule has 20 heavy (non-hydrogen) atoms. The molecule has 0 aliphatic heterocycles. The number of hydrogen-bond acceptors (Lipinski definition) is 4. The third kappa shape index (κ3) is 2.06. The Bertz CT molecular complexity index is 730. The van der Waals surface area contributed by atoms with Crippen molar-refractivity contribution in [3.8, 4) is 0 Å². The molecule has 0 radical (unpaired) electrons. The van der Waals surface area contributed by atoms with E-state index >= 15 is 0 Å². The van der Waals surface area contributed by atoms with Crippen LogP contribution in [0.3, 0.4) is 0 Å². The fourth-order valence-corrected chi connectivity index (χ4v) is 2.58. The van der Waals surface area contributed by atoms with Crippen molar-refractivity contribution in [2.24, 2.45) is 7.05 Å². The van der Waals surface area contributed by atoms with Crippen molar-refractivity contribution in [1.29, 1.82) is 0 Å². The van der Waals surface area contributed by atoms with E-state index in [9.17, 15) is 0 Å². The summed E-state index contributed by atoms with van der Waals surface area (Å²) in [4.78, 5) is 4.62. The standard InChI is InChI=1S/C13H15ClN6/c1-3-10-12-13(19(2)18-10)20(11(7-14)16-12)8-9-5-4-6-15-17-9/h4-6H,3,7-8H2,1-2H3. The Balaban J connectivity index is 2.15. The second-order valence-corrected chi connectivity index (χ2v) is 4.83. The van der Waals surface area contributed by atoms with E-state index in [1.807, 2.05) is 23.9 Å². The van der Waals surface area contributed by atoms with Crippen molar-refractivity contribution in [2.75, 3.05) is 0 Å². The summed E-state index contributed by atoms with van der Waals surface area (Å²) in [6.45, 7) is 2.67. The smallest absolute Gasteiger partial charge is 0.159 e. The number of alkyl halides is 1. The highest BCUT2D eigenvalue weighted by molar-refractivity contribution is 6.16. The Morgan fingerprint density at radius 3 is 2.85 bits per heavy atom. The van der Waals surface area contributed by atoms with E-state index in [1.54, 1.807) is 6.20 Å². The normalized spacial score (nSPS) is 11.3. The summed E-state index contributed by atoms with van der Waals surface area (Å²) in [6.07, 6.45) is 2.51. The van der Waals surface area contributed by atoms with Gasteiger partial charge in [-0.05, 0) is 18.6 Å². The van der Waals surface area contributed by atoms with Crippen LogP contribution in [0, 0.1) is 0 Å². The Hall–Kier alpha value is -1.95. The number of nitrogens with zero attached hydrogens (tertiary/aromatic N) is 6. The predicted octanol–water partition coefficient (Wildman–Crippen LogP) is 1.91. The van der Waals surface area contributed by atoms with E-state index in [-0.39, 0.29) is 0 Å². The quantitative estimate of drug-likeness (QED) is 0.689. The molecular weight excluding hydrogens is 276 g/mol. The van der Waals surface area contributed by atoms with Crippen LogP contribution in [0.15, 0.2) is 18.3 Å². The van der Waals surface area contributed by atoms with Crippen LogP contribution < -0.4 is 0 Å². The third-order valence-corrected chi connectivity index (χ3v) is 3.51. The molecule has 3 aromatic rings. The molecule has 0 atom stereocenters. The first kappa shape index (κ1) is 13.1. The number of hydrogen-bond donors (Lipinski definition) is 0. The molecule has 0 spiro atoms. The molecular formula is C13H15ClN6. The van der Waals surface area contributed by atoms with Crippen LogP contribution in [0.1, 0.15) is 24.1 Å². The summed E-state index contributed by atoms with van der Waals surface area (Å²) in [5, 5.41) is 12.5. The van der Waals surface area contributed by atoms with Gasteiger partial charge in [-0.15, -0.1) is 11.6 Å². The average Bonchev–Trinajstić information content (AvgIpc) is 2.98. The maximum Gasteiger partial charge on any atom is 0.159 e. The Morgan fingerprint density at radius 1 is 1.35 bits per heavy atom. The molecule has 0 bridgehead atoms. The van der Waals surface area contributed by atoms with Crippen LogP contribution in [-0.2, 0) is 25.9 Å². The van der Waals surface area contributed by atoms with Crippen LogP contribution in [0.5, 0.6) is 0 Å². The van der Waals surface area contributed by atoms with Crippen molar-refractivity contribution < 1.29 is 0 Å². The molecule has 0 aromatic carbocycles. The number of fused-ring (bicyclic) bond motifs is 1. The third-order valence-electron chi connectivity index (χ3n) is 3.27. The molecule has 104 valence electrons. The second-order valence-electron chi connectivity index (χ2n) is 4.56. The van der Waals surface area contributed by atoms with Crippen molar-refractivity contribution in [2.45, 2.75) is 25.8 Å². The number of rotatable bonds is 4. The summed E-state index contributed by atoms with van der Waals surface area (Å²) in [6, 6.07) is 3.81. The highest BCUT2D eigenvalue weighted by Crippen LogP contribution is 2.21. The molecule has 3 heterocycles. The summed E-state index contributed by atoms with van der Waals surface area (Å²) in [5.74, 6) is 1.19. The molecule has 0 amide bonds. The second kappa shape index (κ2) is 5.20. The van der Waals surface area contributed by atoms with Crippen molar-refractivity contribution in [3.63, 3.8) is 0 Å². The molecule has 0 saturated carbocycles. The zero-order valence-corrected chi connectivity index (χ0v) is 12.2. The fourth-order valence-electron chi connectivity index (χ4n) is 2.37. The number of imidazole rings is 1. The molecule has 6 nitrogen and oxygen atoms in total. The van der Waals surface area contributed by atoms with Gasteiger partial charge in [-0.1, -0.05) is 6.92 Å². The molecule has 0 N–H and O–H groups in total. The van der Waals surface area contributed by atoms with Gasteiger partial charge in [-0.25, -0.2) is 4.98 Å². The molecule has 0 aliphatic rings. The van der Waals surface area contributed by atoms with Gasteiger partial charge in [-0.3, -0.25) is 4.68 Å². The van der Waals surface area contributed by atoms with Crippen LogP contribution in [0.2, 0.25) is 0 Å². The monoisotopic (exact) mass is 290 g/mol.